The lowest BCUT2D eigenvalue weighted by Crippen LogP contribution is -2.23. The van der Waals surface area contributed by atoms with Gasteiger partial charge in [0.15, 0.2) is 5.13 Å². The second kappa shape index (κ2) is 4.23. The molecular weight excluding hydrogens is 184 g/mol. The van der Waals surface area contributed by atoms with E-state index in [0.29, 0.717) is 6.42 Å². The Morgan fingerprint density at radius 1 is 1.77 bits per heavy atom. The van der Waals surface area contributed by atoms with Crippen LogP contribution in [0.1, 0.15) is 12.1 Å². The maximum atomic E-state index is 7.09. The number of nitrogens with two attached hydrogens (primary N) is 1. The molecule has 13 heavy (non-hydrogen) atoms. The van der Waals surface area contributed by atoms with Gasteiger partial charge in [0.05, 0.1) is 11.5 Å². The van der Waals surface area contributed by atoms with E-state index in [1.54, 1.807) is 11.3 Å². The fourth-order valence-electron chi connectivity index (χ4n) is 0.901. The van der Waals surface area contributed by atoms with E-state index in [1.807, 2.05) is 24.3 Å². The zero-order valence-corrected chi connectivity index (χ0v) is 8.69. The summed E-state index contributed by atoms with van der Waals surface area (Å²) in [5, 5.41) is 10.1. The first-order valence-corrected chi connectivity index (χ1v) is 4.93. The van der Waals surface area contributed by atoms with Gasteiger partial charge in [-0.2, -0.15) is 0 Å². The number of nitrogens with zero attached hydrogens (tertiary/aromatic N) is 2. The van der Waals surface area contributed by atoms with Gasteiger partial charge < -0.3 is 10.6 Å². The molecule has 0 saturated carbocycles. The Morgan fingerprint density at radius 2 is 2.46 bits per heavy atom. The fourth-order valence-corrected chi connectivity index (χ4v) is 1.70. The van der Waals surface area contributed by atoms with Crippen molar-refractivity contribution in [3.8, 4) is 0 Å². The van der Waals surface area contributed by atoms with Crippen LogP contribution in [0.5, 0.6) is 0 Å². The molecule has 0 aliphatic heterocycles. The first-order valence-electron chi connectivity index (χ1n) is 4.05. The Kier molecular flexibility index (Phi) is 3.25. The summed E-state index contributed by atoms with van der Waals surface area (Å²) in [7, 11) is 1.96. The maximum Gasteiger partial charge on any atom is 0.185 e. The van der Waals surface area contributed by atoms with E-state index in [9.17, 15) is 0 Å². The lowest BCUT2D eigenvalue weighted by molar-refractivity contribution is 0.901. The molecule has 1 heterocycles. The molecule has 0 spiro atoms. The molecule has 0 aliphatic rings. The number of amidine groups is 1. The Hall–Kier alpha value is -1.10. The van der Waals surface area contributed by atoms with E-state index in [1.165, 1.54) is 0 Å². The smallest absolute Gasteiger partial charge is 0.185 e. The van der Waals surface area contributed by atoms with Crippen LogP contribution in [-0.2, 0) is 0 Å². The van der Waals surface area contributed by atoms with Crippen LogP contribution >= 0.6 is 11.3 Å². The summed E-state index contributed by atoms with van der Waals surface area (Å²) in [6, 6.07) is 0. The van der Waals surface area contributed by atoms with Crippen molar-refractivity contribution in [1.82, 2.24) is 4.98 Å². The lowest BCUT2D eigenvalue weighted by Gasteiger charge is -2.14. The van der Waals surface area contributed by atoms with Crippen molar-refractivity contribution < 1.29 is 0 Å². The number of aryl methyl sites for hydroxylation is 1. The van der Waals surface area contributed by atoms with Crippen LogP contribution in [0.3, 0.4) is 0 Å². The summed E-state index contributed by atoms with van der Waals surface area (Å²) >= 11 is 1.61. The minimum absolute atomic E-state index is 0.222. The van der Waals surface area contributed by atoms with Crippen molar-refractivity contribution in [1.29, 1.82) is 5.41 Å². The van der Waals surface area contributed by atoms with Crippen LogP contribution in [0.25, 0.3) is 0 Å². The molecule has 5 heteroatoms. The normalized spacial score (nSPS) is 10.0. The van der Waals surface area contributed by atoms with Crippen molar-refractivity contribution in [3.63, 3.8) is 0 Å². The van der Waals surface area contributed by atoms with Crippen LogP contribution in [0.2, 0.25) is 0 Å². The van der Waals surface area contributed by atoms with E-state index in [-0.39, 0.29) is 5.84 Å². The number of rotatable bonds is 4. The average Bonchev–Trinajstić information content (AvgIpc) is 2.47. The zero-order valence-electron chi connectivity index (χ0n) is 7.87. The van der Waals surface area contributed by atoms with E-state index in [0.717, 1.165) is 17.4 Å². The minimum atomic E-state index is 0.222. The SMILES string of the molecule is Cc1csc(N(C)CCC(=N)N)n1. The molecule has 0 radical (unpaired) electrons. The third-order valence-corrected chi connectivity index (χ3v) is 2.72. The molecule has 0 bridgehead atoms. The van der Waals surface area contributed by atoms with Crippen LogP contribution in [0.15, 0.2) is 5.38 Å². The second-order valence-corrected chi connectivity index (χ2v) is 3.80. The number of nitrogens with one attached hydrogen (secondary N) is 1. The van der Waals surface area contributed by atoms with Gasteiger partial charge in [0.2, 0.25) is 0 Å². The monoisotopic (exact) mass is 198 g/mol. The highest BCUT2D eigenvalue weighted by Gasteiger charge is 2.04. The first kappa shape index (κ1) is 9.98. The van der Waals surface area contributed by atoms with Gasteiger partial charge in [-0.1, -0.05) is 0 Å². The van der Waals surface area contributed by atoms with E-state index < -0.39 is 0 Å². The standard InChI is InChI=1S/C8H14N4S/c1-6-5-13-8(11-6)12(2)4-3-7(9)10/h5H,3-4H2,1-2H3,(H3,9,10). The zero-order chi connectivity index (χ0) is 9.84. The highest BCUT2D eigenvalue weighted by atomic mass is 32.1. The molecular formula is C8H14N4S. The van der Waals surface area contributed by atoms with Gasteiger partial charge in [-0.25, -0.2) is 4.98 Å². The predicted octanol–water partition coefficient (Wildman–Crippen LogP) is 1.21. The number of hydrogen-bond donors (Lipinski definition) is 2. The summed E-state index contributed by atoms with van der Waals surface area (Å²) in [5.74, 6) is 0.222. The summed E-state index contributed by atoms with van der Waals surface area (Å²) in [5.41, 5.74) is 6.30. The highest BCUT2D eigenvalue weighted by Crippen LogP contribution is 2.18. The summed E-state index contributed by atoms with van der Waals surface area (Å²) in [4.78, 5) is 6.33. The van der Waals surface area contributed by atoms with Crippen LogP contribution < -0.4 is 10.6 Å². The number of thiazole rings is 1. The Labute approximate surface area is 81.9 Å². The molecule has 0 fully saturated rings. The molecule has 0 amide bonds. The Bertz CT molecular complexity index is 294. The van der Waals surface area contributed by atoms with Gasteiger partial charge in [-0.15, -0.1) is 11.3 Å². The molecule has 1 aromatic heterocycles. The Morgan fingerprint density at radius 3 is 2.92 bits per heavy atom. The van der Waals surface area contributed by atoms with Gasteiger partial charge in [-0.3, -0.25) is 5.41 Å². The van der Waals surface area contributed by atoms with Crippen LogP contribution in [0, 0.1) is 12.3 Å². The van der Waals surface area contributed by atoms with Crippen molar-refractivity contribution in [3.05, 3.63) is 11.1 Å². The molecule has 0 unspecified atom stereocenters. The second-order valence-electron chi connectivity index (χ2n) is 2.97. The fraction of sp³-hybridized carbons (Fsp3) is 0.500. The van der Waals surface area contributed by atoms with Gasteiger partial charge in [-0.05, 0) is 6.92 Å². The largest absolute Gasteiger partial charge is 0.388 e. The molecule has 0 saturated heterocycles. The maximum absolute atomic E-state index is 7.09. The van der Waals surface area contributed by atoms with Gasteiger partial charge >= 0.3 is 0 Å². The Balaban J connectivity index is 2.48. The molecule has 72 valence electrons. The molecule has 3 N–H and O–H groups in total. The lowest BCUT2D eigenvalue weighted by atomic mass is 10.4. The topological polar surface area (TPSA) is 66.0 Å². The molecule has 0 aromatic carbocycles. The third-order valence-electron chi connectivity index (χ3n) is 1.65. The minimum Gasteiger partial charge on any atom is -0.388 e. The molecule has 1 rings (SSSR count). The van der Waals surface area contributed by atoms with Crippen molar-refractivity contribution in [2.45, 2.75) is 13.3 Å². The average molecular weight is 198 g/mol. The predicted molar refractivity (Wildman–Crippen MR) is 56.7 cm³/mol. The number of hydrogen-bond acceptors (Lipinski definition) is 4. The molecule has 0 atom stereocenters. The van der Waals surface area contributed by atoms with E-state index >= 15 is 0 Å². The van der Waals surface area contributed by atoms with Crippen molar-refractivity contribution in [2.24, 2.45) is 5.73 Å². The van der Waals surface area contributed by atoms with Gasteiger partial charge in [0, 0.05) is 25.4 Å². The van der Waals surface area contributed by atoms with E-state index in [4.69, 9.17) is 11.1 Å². The van der Waals surface area contributed by atoms with Crippen LogP contribution in [0.4, 0.5) is 5.13 Å². The summed E-state index contributed by atoms with van der Waals surface area (Å²) in [6.07, 6.45) is 0.592. The highest BCUT2D eigenvalue weighted by molar-refractivity contribution is 7.13. The van der Waals surface area contributed by atoms with Crippen LogP contribution in [-0.4, -0.2) is 24.4 Å². The summed E-state index contributed by atoms with van der Waals surface area (Å²) < 4.78 is 0. The van der Waals surface area contributed by atoms with Crippen molar-refractivity contribution in [2.75, 3.05) is 18.5 Å². The first-order chi connectivity index (χ1) is 6.09. The van der Waals surface area contributed by atoms with Gasteiger partial charge in [0.1, 0.15) is 0 Å². The van der Waals surface area contributed by atoms with Gasteiger partial charge in [0.25, 0.3) is 0 Å². The molecule has 0 aliphatic carbocycles. The van der Waals surface area contributed by atoms with Crippen molar-refractivity contribution >= 4 is 22.3 Å². The molecule has 4 nitrogen and oxygen atoms in total. The summed E-state index contributed by atoms with van der Waals surface area (Å²) in [6.45, 7) is 2.72. The molecule has 1 aromatic rings. The quantitative estimate of drug-likeness (QED) is 0.564. The van der Waals surface area contributed by atoms with E-state index in [2.05, 4.69) is 4.98 Å². The number of aromatic nitrogens is 1. The number of anilines is 1. The third kappa shape index (κ3) is 3.02.